The lowest BCUT2D eigenvalue weighted by Crippen LogP contribution is -2.13. The zero-order chi connectivity index (χ0) is 24.4. The highest BCUT2D eigenvalue weighted by Gasteiger charge is 2.20. The summed E-state index contributed by atoms with van der Waals surface area (Å²) >= 11 is 0. The molecular formula is C25H19FN4O3S. The predicted molar refractivity (Wildman–Crippen MR) is 129 cm³/mol. The van der Waals surface area contributed by atoms with Crippen LogP contribution in [0, 0.1) is 18.3 Å². The zero-order valence-electron chi connectivity index (χ0n) is 18.5. The van der Waals surface area contributed by atoms with E-state index in [1.165, 1.54) is 12.3 Å². The van der Waals surface area contributed by atoms with Crippen LogP contribution in [0.3, 0.4) is 0 Å². The van der Waals surface area contributed by atoms with Crippen LogP contribution >= 0.6 is 0 Å². The number of nitriles is 1. The SMILES string of the molecule is Cc1cc2c(=O)c3c4ccc(C#N)cc4[nH]c3n(C(C)C)c2cc1-c1cncc(S(=O)(=O)F)c1. The third kappa shape index (κ3) is 3.26. The van der Waals surface area contributed by atoms with E-state index in [9.17, 15) is 22.4 Å². The van der Waals surface area contributed by atoms with Crippen molar-refractivity contribution in [2.24, 2.45) is 0 Å². The first-order valence-corrected chi connectivity index (χ1v) is 11.9. The quantitative estimate of drug-likeness (QED) is 0.365. The summed E-state index contributed by atoms with van der Waals surface area (Å²) in [7, 11) is -4.91. The van der Waals surface area contributed by atoms with Crippen molar-refractivity contribution < 1.29 is 12.3 Å². The van der Waals surface area contributed by atoms with E-state index in [1.54, 1.807) is 24.3 Å². The average Bonchev–Trinajstić information content (AvgIpc) is 3.17. The molecule has 0 unspecified atom stereocenters. The van der Waals surface area contributed by atoms with E-state index in [4.69, 9.17) is 0 Å². The Labute approximate surface area is 194 Å². The molecule has 0 saturated heterocycles. The van der Waals surface area contributed by atoms with E-state index >= 15 is 0 Å². The van der Waals surface area contributed by atoms with Crippen molar-refractivity contribution in [3.63, 3.8) is 0 Å². The number of hydrogen-bond acceptors (Lipinski definition) is 5. The second-order valence-electron chi connectivity index (χ2n) is 8.55. The number of benzene rings is 2. The smallest absolute Gasteiger partial charge is 0.333 e. The topological polar surface area (TPSA) is 109 Å². The van der Waals surface area contributed by atoms with E-state index in [0.717, 1.165) is 17.1 Å². The molecule has 0 spiro atoms. The minimum Gasteiger partial charge on any atom is -0.340 e. The normalized spacial score (nSPS) is 12.1. The van der Waals surface area contributed by atoms with Gasteiger partial charge in [-0.15, -0.1) is 3.89 Å². The van der Waals surface area contributed by atoms with Gasteiger partial charge >= 0.3 is 10.2 Å². The molecule has 0 radical (unpaired) electrons. The van der Waals surface area contributed by atoms with Crippen LogP contribution in [0.1, 0.15) is 31.0 Å². The Bertz CT molecular complexity index is 1860. The summed E-state index contributed by atoms with van der Waals surface area (Å²) in [5.74, 6) is 0. The molecule has 0 amide bonds. The van der Waals surface area contributed by atoms with Gasteiger partial charge in [-0.05, 0) is 62.2 Å². The first-order chi connectivity index (χ1) is 16.1. The monoisotopic (exact) mass is 474 g/mol. The number of rotatable bonds is 3. The number of hydrogen-bond donors (Lipinski definition) is 1. The van der Waals surface area contributed by atoms with Crippen molar-refractivity contribution in [3.05, 3.63) is 70.1 Å². The van der Waals surface area contributed by atoms with Crippen LogP contribution in [0.2, 0.25) is 0 Å². The highest BCUT2D eigenvalue weighted by Crippen LogP contribution is 2.33. The molecule has 9 heteroatoms. The summed E-state index contributed by atoms with van der Waals surface area (Å²) in [4.78, 5) is 20.3. The first kappa shape index (κ1) is 21.8. The standard InChI is InChI=1S/C25H19FN4O3S/c1-13(2)30-22-9-19(16-8-17(12-28-11-16)34(26,32)33)14(3)6-20(22)24(31)23-18-5-4-15(10-27)7-21(18)29-25(23)30/h4-9,11-13,29H,1-3H3. The average molecular weight is 475 g/mol. The van der Waals surface area contributed by atoms with Gasteiger partial charge in [0.2, 0.25) is 0 Å². The fourth-order valence-electron chi connectivity index (χ4n) is 4.54. The van der Waals surface area contributed by atoms with Crippen molar-refractivity contribution in [3.8, 4) is 17.2 Å². The maximum absolute atomic E-state index is 13.6. The van der Waals surface area contributed by atoms with Gasteiger partial charge in [0.15, 0.2) is 5.43 Å². The fraction of sp³-hybridized carbons (Fsp3) is 0.160. The molecule has 0 atom stereocenters. The van der Waals surface area contributed by atoms with Crippen LogP contribution in [-0.2, 0) is 10.2 Å². The molecule has 0 saturated carbocycles. The number of pyridine rings is 2. The summed E-state index contributed by atoms with van der Waals surface area (Å²) in [5.41, 5.74) is 4.10. The molecule has 5 rings (SSSR count). The maximum atomic E-state index is 13.6. The first-order valence-electron chi connectivity index (χ1n) is 10.5. The van der Waals surface area contributed by atoms with Gasteiger partial charge in [-0.3, -0.25) is 9.78 Å². The fourth-order valence-corrected chi connectivity index (χ4v) is 5.00. The third-order valence-corrected chi connectivity index (χ3v) is 6.83. The number of aromatic amines is 1. The molecule has 34 heavy (non-hydrogen) atoms. The van der Waals surface area contributed by atoms with Gasteiger partial charge in [-0.2, -0.15) is 13.7 Å². The highest BCUT2D eigenvalue weighted by molar-refractivity contribution is 7.86. The van der Waals surface area contributed by atoms with Gasteiger partial charge in [0.25, 0.3) is 0 Å². The Kier molecular flexibility index (Phi) is 4.81. The molecule has 2 aromatic carbocycles. The summed E-state index contributed by atoms with van der Waals surface area (Å²) in [6.07, 6.45) is 2.42. The van der Waals surface area contributed by atoms with E-state index in [0.29, 0.717) is 44.1 Å². The van der Waals surface area contributed by atoms with E-state index in [-0.39, 0.29) is 11.5 Å². The van der Waals surface area contributed by atoms with Crippen LogP contribution in [0.15, 0.2) is 58.5 Å². The molecule has 0 bridgehead atoms. The van der Waals surface area contributed by atoms with Crippen LogP contribution in [0.5, 0.6) is 0 Å². The summed E-state index contributed by atoms with van der Waals surface area (Å²) in [5, 5.41) is 11.1. The number of halogens is 1. The van der Waals surface area contributed by atoms with Gasteiger partial charge in [0.1, 0.15) is 10.5 Å². The molecule has 0 aliphatic heterocycles. The lowest BCUT2D eigenvalue weighted by molar-refractivity contribution is 0.551. The molecule has 3 heterocycles. The molecule has 1 N–H and O–H groups in total. The van der Waals surface area contributed by atoms with Crippen molar-refractivity contribution in [2.45, 2.75) is 31.7 Å². The predicted octanol–water partition coefficient (Wildman–Crippen LogP) is 5.12. The van der Waals surface area contributed by atoms with Gasteiger partial charge in [0, 0.05) is 40.3 Å². The molecule has 170 valence electrons. The number of nitrogens with one attached hydrogen (secondary N) is 1. The summed E-state index contributed by atoms with van der Waals surface area (Å²) < 4.78 is 38.4. The zero-order valence-corrected chi connectivity index (χ0v) is 19.4. The van der Waals surface area contributed by atoms with Gasteiger partial charge in [-0.25, -0.2) is 0 Å². The molecule has 0 aliphatic carbocycles. The lowest BCUT2D eigenvalue weighted by atomic mass is 9.98. The Morgan fingerprint density at radius 1 is 1.12 bits per heavy atom. The van der Waals surface area contributed by atoms with Crippen molar-refractivity contribution in [1.82, 2.24) is 14.5 Å². The molecule has 3 aromatic heterocycles. The Morgan fingerprint density at radius 2 is 1.88 bits per heavy atom. The van der Waals surface area contributed by atoms with Crippen molar-refractivity contribution in [1.29, 1.82) is 5.26 Å². The second kappa shape index (κ2) is 7.50. The minimum absolute atomic E-state index is 0.0414. The van der Waals surface area contributed by atoms with Crippen LogP contribution < -0.4 is 5.43 Å². The van der Waals surface area contributed by atoms with Crippen molar-refractivity contribution >= 4 is 43.1 Å². The van der Waals surface area contributed by atoms with E-state index in [1.807, 2.05) is 31.4 Å². The lowest BCUT2D eigenvalue weighted by Gasteiger charge is -2.18. The third-order valence-electron chi connectivity index (χ3n) is 6.04. The maximum Gasteiger partial charge on any atom is 0.333 e. The number of aryl methyl sites for hydroxylation is 1. The largest absolute Gasteiger partial charge is 0.340 e. The second-order valence-corrected chi connectivity index (χ2v) is 9.89. The van der Waals surface area contributed by atoms with Gasteiger partial charge in [-0.1, -0.05) is 6.07 Å². The minimum atomic E-state index is -4.91. The highest BCUT2D eigenvalue weighted by atomic mass is 32.3. The van der Waals surface area contributed by atoms with Crippen LogP contribution in [-0.4, -0.2) is 23.0 Å². The van der Waals surface area contributed by atoms with Crippen LogP contribution in [0.4, 0.5) is 3.89 Å². The van der Waals surface area contributed by atoms with Gasteiger partial charge < -0.3 is 9.55 Å². The van der Waals surface area contributed by atoms with E-state index < -0.39 is 15.1 Å². The number of H-pyrrole nitrogens is 1. The van der Waals surface area contributed by atoms with E-state index in [2.05, 4.69) is 16.0 Å². The number of fused-ring (bicyclic) bond motifs is 4. The van der Waals surface area contributed by atoms with Crippen LogP contribution in [0.25, 0.3) is 44.0 Å². The Morgan fingerprint density at radius 3 is 2.56 bits per heavy atom. The molecule has 5 aromatic rings. The molecule has 7 nitrogen and oxygen atoms in total. The number of aromatic nitrogens is 3. The van der Waals surface area contributed by atoms with Gasteiger partial charge in [0.05, 0.1) is 22.5 Å². The summed E-state index contributed by atoms with van der Waals surface area (Å²) in [6.45, 7) is 5.79. The Balaban J connectivity index is 1.91. The summed E-state index contributed by atoms with van der Waals surface area (Å²) in [6, 6.07) is 12.1. The molecule has 0 fully saturated rings. The Hall–Kier alpha value is -4.03. The van der Waals surface area contributed by atoms with Crippen molar-refractivity contribution in [2.75, 3.05) is 0 Å². The number of nitrogens with zero attached hydrogens (tertiary/aromatic N) is 3. The molecule has 0 aliphatic rings. The molecular weight excluding hydrogens is 455 g/mol.